The summed E-state index contributed by atoms with van der Waals surface area (Å²) in [6.45, 7) is 2.63. The van der Waals surface area contributed by atoms with E-state index in [1.54, 1.807) is 0 Å². The van der Waals surface area contributed by atoms with Gasteiger partial charge in [0.25, 0.3) is 0 Å². The van der Waals surface area contributed by atoms with Crippen molar-refractivity contribution in [2.45, 2.75) is 71.1 Å². The van der Waals surface area contributed by atoms with Gasteiger partial charge in [-0.2, -0.15) is 0 Å². The van der Waals surface area contributed by atoms with Crippen LogP contribution in [0.4, 0.5) is 0 Å². The maximum Gasteiger partial charge on any atom is 1.00 e. The second-order valence-corrected chi connectivity index (χ2v) is 5.62. The van der Waals surface area contributed by atoms with Gasteiger partial charge in [0.05, 0.1) is 0 Å². The Hall–Kier alpha value is 1.03. The average Bonchev–Trinajstić information content (AvgIpc) is 2.37. The van der Waals surface area contributed by atoms with Crippen LogP contribution in [0.25, 0.3) is 0 Å². The molecule has 0 heterocycles. The molecule has 0 aliphatic heterocycles. The molecule has 0 aliphatic rings. The summed E-state index contributed by atoms with van der Waals surface area (Å²) in [5.74, 6) is 0. The van der Waals surface area contributed by atoms with E-state index in [9.17, 15) is 4.57 Å². The molecule has 0 aromatic heterocycles. The molecule has 0 aromatic carbocycles. The number of aliphatic hydroxyl groups is 1. The van der Waals surface area contributed by atoms with Crippen LogP contribution in [0.15, 0.2) is 0 Å². The van der Waals surface area contributed by atoms with Gasteiger partial charge in [-0.05, 0) is 6.42 Å². The molecule has 0 aliphatic carbocycles. The summed E-state index contributed by atoms with van der Waals surface area (Å²) in [6, 6.07) is 0. The summed E-state index contributed by atoms with van der Waals surface area (Å²) >= 11 is 0. The van der Waals surface area contributed by atoms with Crippen LogP contribution in [0.5, 0.6) is 0 Å². The van der Waals surface area contributed by atoms with Gasteiger partial charge in [-0.15, -0.1) is 4.67 Å². The third kappa shape index (κ3) is 31.4. The van der Waals surface area contributed by atoms with Gasteiger partial charge in [0.1, 0.15) is 0 Å². The molecule has 20 heavy (non-hydrogen) atoms. The Kier molecular flexibility index (Phi) is 26.0. The van der Waals surface area contributed by atoms with E-state index in [0.29, 0.717) is 6.61 Å². The number of hydrogen-bond acceptors (Lipinski definition) is 4. The SMILES string of the molecule is CCCCCCCCCCCCO.O=P(O)(O)OO.[H-].[Na+]. The van der Waals surface area contributed by atoms with Gasteiger partial charge in [0, 0.05) is 6.61 Å². The van der Waals surface area contributed by atoms with E-state index < -0.39 is 7.82 Å². The number of phosphoric acid groups is 1. The molecule has 6 nitrogen and oxygen atoms in total. The van der Waals surface area contributed by atoms with Gasteiger partial charge < -0.3 is 16.3 Å². The number of unbranched alkanes of at least 4 members (excludes halogenated alkanes) is 9. The van der Waals surface area contributed by atoms with Crippen LogP contribution in [0, 0.1) is 0 Å². The van der Waals surface area contributed by atoms with Crippen molar-refractivity contribution >= 4 is 7.82 Å². The summed E-state index contributed by atoms with van der Waals surface area (Å²) in [4.78, 5) is 14.9. The molecular weight excluding hydrogens is 294 g/mol. The van der Waals surface area contributed by atoms with E-state index >= 15 is 0 Å². The Balaban J connectivity index is -0.000000156. The summed E-state index contributed by atoms with van der Waals surface area (Å²) in [7, 11) is -4.59. The topological polar surface area (TPSA) is 107 Å². The van der Waals surface area contributed by atoms with Gasteiger partial charge in [-0.25, -0.2) is 9.82 Å². The van der Waals surface area contributed by atoms with Crippen LogP contribution in [-0.4, -0.2) is 26.8 Å². The summed E-state index contributed by atoms with van der Waals surface area (Å²) in [5.41, 5.74) is 0. The molecule has 0 atom stereocenters. The minimum atomic E-state index is -4.59. The predicted molar refractivity (Wildman–Crippen MR) is 75.8 cm³/mol. The van der Waals surface area contributed by atoms with Gasteiger partial charge in [-0.3, -0.25) is 0 Å². The molecular formula is C12H30NaO6P. The Labute approximate surface area is 145 Å². The molecule has 120 valence electrons. The Morgan fingerprint density at radius 2 is 1.20 bits per heavy atom. The van der Waals surface area contributed by atoms with Gasteiger partial charge in [0.2, 0.25) is 0 Å². The third-order valence-corrected chi connectivity index (χ3v) is 2.83. The molecule has 0 unspecified atom stereocenters. The van der Waals surface area contributed by atoms with Gasteiger partial charge in [0.15, 0.2) is 0 Å². The Morgan fingerprint density at radius 3 is 1.45 bits per heavy atom. The van der Waals surface area contributed by atoms with Crippen molar-refractivity contribution in [2.24, 2.45) is 0 Å². The van der Waals surface area contributed by atoms with Crippen LogP contribution in [0.3, 0.4) is 0 Å². The fraction of sp³-hybridized carbons (Fsp3) is 1.00. The normalized spacial score (nSPS) is 10.4. The van der Waals surface area contributed by atoms with Crippen LogP contribution in [0.2, 0.25) is 0 Å². The molecule has 0 bridgehead atoms. The number of rotatable bonds is 11. The molecule has 8 heteroatoms. The number of aliphatic hydroxyl groups excluding tert-OH is 1. The molecule has 4 N–H and O–H groups in total. The van der Waals surface area contributed by atoms with E-state index in [1.165, 1.54) is 57.8 Å². The van der Waals surface area contributed by atoms with Crippen molar-refractivity contribution in [1.29, 1.82) is 0 Å². The maximum absolute atomic E-state index is 9.22. The van der Waals surface area contributed by atoms with Gasteiger partial charge >= 0.3 is 37.4 Å². The van der Waals surface area contributed by atoms with Crippen molar-refractivity contribution in [3.63, 3.8) is 0 Å². The van der Waals surface area contributed by atoms with E-state index in [0.717, 1.165) is 6.42 Å². The second-order valence-electron chi connectivity index (χ2n) is 4.48. The molecule has 0 saturated carbocycles. The molecule has 0 saturated heterocycles. The summed E-state index contributed by atoms with van der Waals surface area (Å²) in [6.07, 6.45) is 13.3. The van der Waals surface area contributed by atoms with Crippen molar-refractivity contribution in [2.75, 3.05) is 6.61 Å². The van der Waals surface area contributed by atoms with Crippen LogP contribution < -0.4 is 29.6 Å². The molecule has 0 rings (SSSR count). The monoisotopic (exact) mass is 324 g/mol. The average molecular weight is 324 g/mol. The quantitative estimate of drug-likeness (QED) is 0.146. The standard InChI is InChI=1S/C12H26O.Na.H3O5P.H/c1-2-3-4-5-6-7-8-9-10-11-12-13;;1-5-6(2,3)4;/h13H,2-12H2,1H3;;1H,(H2,2,3,4);/q;+1;;-1. The minimum absolute atomic E-state index is 0. The van der Waals surface area contributed by atoms with Crippen molar-refractivity contribution in [3.05, 3.63) is 0 Å². The fourth-order valence-electron chi connectivity index (χ4n) is 1.60. The van der Waals surface area contributed by atoms with Crippen molar-refractivity contribution < 1.29 is 60.4 Å². The van der Waals surface area contributed by atoms with E-state index in [1.807, 2.05) is 0 Å². The Bertz CT molecular complexity index is 208. The largest absolute Gasteiger partial charge is 1.00 e. The van der Waals surface area contributed by atoms with Crippen molar-refractivity contribution in [3.8, 4) is 0 Å². The van der Waals surface area contributed by atoms with E-state index in [2.05, 4.69) is 11.6 Å². The molecule has 0 aromatic rings. The van der Waals surface area contributed by atoms with Crippen LogP contribution >= 0.6 is 7.82 Å². The first-order valence-corrected chi connectivity index (χ1v) is 8.50. The fourth-order valence-corrected chi connectivity index (χ4v) is 1.60. The maximum atomic E-state index is 9.22. The molecule has 0 fully saturated rings. The first-order valence-electron chi connectivity index (χ1n) is 6.97. The molecule has 0 spiro atoms. The molecule has 0 radical (unpaired) electrons. The first kappa shape index (κ1) is 26.0. The summed E-state index contributed by atoms with van der Waals surface area (Å²) < 4.78 is 11.8. The third-order valence-electron chi connectivity index (χ3n) is 2.62. The van der Waals surface area contributed by atoms with Gasteiger partial charge in [-0.1, -0.05) is 64.7 Å². The predicted octanol–water partition coefficient (Wildman–Crippen LogP) is 0.585. The zero-order chi connectivity index (χ0) is 15.0. The molecule has 0 amide bonds. The number of hydrogen-bond donors (Lipinski definition) is 4. The van der Waals surface area contributed by atoms with Crippen LogP contribution in [-0.2, 0) is 9.24 Å². The zero-order valence-electron chi connectivity index (χ0n) is 13.8. The Morgan fingerprint density at radius 1 is 0.900 bits per heavy atom. The summed E-state index contributed by atoms with van der Waals surface area (Å²) in [5, 5.41) is 15.7. The zero-order valence-corrected chi connectivity index (χ0v) is 15.7. The van der Waals surface area contributed by atoms with Crippen LogP contribution in [0.1, 0.15) is 72.6 Å². The van der Waals surface area contributed by atoms with E-state index in [-0.39, 0.29) is 31.0 Å². The second kappa shape index (κ2) is 20.0. The minimum Gasteiger partial charge on any atom is -1.00 e. The van der Waals surface area contributed by atoms with Crippen molar-refractivity contribution in [1.82, 2.24) is 0 Å². The smallest absolute Gasteiger partial charge is 1.00 e. The first-order chi connectivity index (χ1) is 8.97. The van der Waals surface area contributed by atoms with E-state index in [4.69, 9.17) is 20.2 Å².